The molecule has 1 amide bonds. The second-order valence-corrected chi connectivity index (χ2v) is 4.76. The van der Waals surface area contributed by atoms with Gasteiger partial charge in [-0.25, -0.2) is 4.98 Å². The highest BCUT2D eigenvalue weighted by Gasteiger charge is 2.15. The largest absolute Gasteiger partial charge is 0.320 e. The summed E-state index contributed by atoms with van der Waals surface area (Å²) in [4.78, 5) is 26.1. The van der Waals surface area contributed by atoms with E-state index < -0.39 is 4.92 Å². The zero-order chi connectivity index (χ0) is 14.0. The van der Waals surface area contributed by atoms with Gasteiger partial charge in [-0.3, -0.25) is 14.9 Å². The number of aromatic nitrogens is 1. The van der Waals surface area contributed by atoms with E-state index in [1.165, 1.54) is 23.5 Å². The fourth-order valence-electron chi connectivity index (χ4n) is 1.75. The molecular formula is C12H11N3O3S. The number of rotatable bonds is 3. The molecule has 0 unspecified atom stereocenters. The van der Waals surface area contributed by atoms with E-state index in [4.69, 9.17) is 0 Å². The van der Waals surface area contributed by atoms with Gasteiger partial charge in [0, 0.05) is 23.2 Å². The third-order valence-electron chi connectivity index (χ3n) is 2.63. The summed E-state index contributed by atoms with van der Waals surface area (Å²) in [6.45, 7) is 3.44. The van der Waals surface area contributed by atoms with Gasteiger partial charge >= 0.3 is 0 Å². The number of anilines is 1. The second-order valence-electron chi connectivity index (χ2n) is 4.04. The zero-order valence-corrected chi connectivity index (χ0v) is 11.2. The molecule has 0 aliphatic rings. The molecule has 1 aromatic carbocycles. The summed E-state index contributed by atoms with van der Waals surface area (Å²) in [5, 5.41) is 15.1. The van der Waals surface area contributed by atoms with Gasteiger partial charge in [0.1, 0.15) is 5.69 Å². The van der Waals surface area contributed by atoms with Gasteiger partial charge in [0.2, 0.25) is 0 Å². The Hall–Kier alpha value is -2.28. The molecule has 98 valence electrons. The smallest absolute Gasteiger partial charge is 0.275 e. The lowest BCUT2D eigenvalue weighted by atomic mass is 10.1. The molecule has 0 aliphatic heterocycles. The topological polar surface area (TPSA) is 85.1 Å². The molecule has 1 N–H and O–H groups in total. The third kappa shape index (κ3) is 2.76. The zero-order valence-electron chi connectivity index (χ0n) is 10.3. The maximum absolute atomic E-state index is 11.9. The van der Waals surface area contributed by atoms with Crippen LogP contribution in [-0.4, -0.2) is 15.8 Å². The van der Waals surface area contributed by atoms with Crippen LogP contribution in [0.2, 0.25) is 0 Å². The van der Waals surface area contributed by atoms with Crippen molar-refractivity contribution in [1.82, 2.24) is 4.98 Å². The van der Waals surface area contributed by atoms with Crippen LogP contribution in [0.4, 0.5) is 11.4 Å². The minimum Gasteiger partial charge on any atom is -0.320 e. The number of aryl methyl sites for hydroxylation is 2. The molecular weight excluding hydrogens is 266 g/mol. The normalized spacial score (nSPS) is 10.2. The molecule has 19 heavy (non-hydrogen) atoms. The van der Waals surface area contributed by atoms with E-state index in [2.05, 4.69) is 10.3 Å². The van der Waals surface area contributed by atoms with Crippen LogP contribution in [0.25, 0.3) is 0 Å². The molecule has 7 heteroatoms. The first-order valence-corrected chi connectivity index (χ1v) is 6.38. The van der Waals surface area contributed by atoms with Gasteiger partial charge in [0.05, 0.1) is 10.4 Å². The van der Waals surface area contributed by atoms with Crippen molar-refractivity contribution in [3.05, 3.63) is 50.0 Å². The number of thiazole rings is 1. The molecule has 0 saturated heterocycles. The fourth-order valence-corrected chi connectivity index (χ4v) is 2.28. The van der Waals surface area contributed by atoms with Gasteiger partial charge in [0.25, 0.3) is 11.6 Å². The number of amides is 1. The Morgan fingerprint density at radius 2 is 2.00 bits per heavy atom. The van der Waals surface area contributed by atoms with Gasteiger partial charge in [-0.05, 0) is 25.0 Å². The number of hydrogen-bond acceptors (Lipinski definition) is 5. The Labute approximate surface area is 113 Å². The van der Waals surface area contributed by atoms with E-state index in [1.54, 1.807) is 24.7 Å². The Kier molecular flexibility index (Phi) is 3.57. The summed E-state index contributed by atoms with van der Waals surface area (Å²) in [6, 6.07) is 2.87. The Bertz CT molecular complexity index is 615. The second kappa shape index (κ2) is 5.15. The number of nitro benzene ring substituents is 1. The summed E-state index contributed by atoms with van der Waals surface area (Å²) in [5.74, 6) is -0.318. The standard InChI is InChI=1S/C12H11N3O3S/c1-7-3-9(15(17)18)4-8(2)11(7)14-12(16)10-5-19-6-13-10/h3-6H,1-2H3,(H,14,16). The number of benzene rings is 1. The molecule has 0 bridgehead atoms. The van der Waals surface area contributed by atoms with Crippen molar-refractivity contribution >= 4 is 28.6 Å². The van der Waals surface area contributed by atoms with Crippen molar-refractivity contribution in [3.8, 4) is 0 Å². The van der Waals surface area contributed by atoms with Crippen molar-refractivity contribution in [2.24, 2.45) is 0 Å². The van der Waals surface area contributed by atoms with Crippen LogP contribution in [0.5, 0.6) is 0 Å². The summed E-state index contributed by atoms with van der Waals surface area (Å²) in [6.07, 6.45) is 0. The Morgan fingerprint density at radius 1 is 1.37 bits per heavy atom. The quantitative estimate of drug-likeness (QED) is 0.690. The van der Waals surface area contributed by atoms with Gasteiger partial charge in [0.15, 0.2) is 0 Å². The summed E-state index contributed by atoms with van der Waals surface area (Å²) in [5.41, 5.74) is 3.81. The molecule has 2 aromatic rings. The molecule has 0 fully saturated rings. The molecule has 2 rings (SSSR count). The molecule has 0 saturated carbocycles. The highest BCUT2D eigenvalue weighted by Crippen LogP contribution is 2.26. The number of nitrogens with one attached hydrogen (secondary N) is 1. The first-order chi connectivity index (χ1) is 8.99. The van der Waals surface area contributed by atoms with Gasteiger partial charge < -0.3 is 5.32 Å². The van der Waals surface area contributed by atoms with Gasteiger partial charge in [-0.15, -0.1) is 11.3 Å². The number of non-ortho nitro benzene ring substituents is 1. The van der Waals surface area contributed by atoms with E-state index in [0.717, 1.165) is 0 Å². The number of nitrogens with zero attached hydrogens (tertiary/aromatic N) is 2. The van der Waals surface area contributed by atoms with Crippen LogP contribution in [0.3, 0.4) is 0 Å². The highest BCUT2D eigenvalue weighted by molar-refractivity contribution is 7.07. The van der Waals surface area contributed by atoms with Crippen LogP contribution in [0, 0.1) is 24.0 Å². The van der Waals surface area contributed by atoms with E-state index in [0.29, 0.717) is 22.5 Å². The number of carbonyl (C=O) groups excluding carboxylic acids is 1. The lowest BCUT2D eigenvalue weighted by molar-refractivity contribution is -0.384. The van der Waals surface area contributed by atoms with E-state index in [-0.39, 0.29) is 11.6 Å². The maximum atomic E-state index is 11.9. The number of nitro groups is 1. The number of hydrogen-bond donors (Lipinski definition) is 1. The monoisotopic (exact) mass is 277 g/mol. The van der Waals surface area contributed by atoms with Crippen LogP contribution in [0.1, 0.15) is 21.6 Å². The summed E-state index contributed by atoms with van der Waals surface area (Å²) < 4.78 is 0. The van der Waals surface area contributed by atoms with Crippen molar-refractivity contribution in [2.75, 3.05) is 5.32 Å². The molecule has 6 nitrogen and oxygen atoms in total. The Morgan fingerprint density at radius 3 is 2.47 bits per heavy atom. The predicted molar refractivity (Wildman–Crippen MR) is 72.6 cm³/mol. The highest BCUT2D eigenvalue weighted by atomic mass is 32.1. The molecule has 0 atom stereocenters. The molecule has 0 radical (unpaired) electrons. The first kappa shape index (κ1) is 13.2. The van der Waals surface area contributed by atoms with Gasteiger partial charge in [-0.1, -0.05) is 0 Å². The van der Waals surface area contributed by atoms with E-state index >= 15 is 0 Å². The van der Waals surface area contributed by atoms with Crippen LogP contribution < -0.4 is 5.32 Å². The SMILES string of the molecule is Cc1cc([N+](=O)[O-])cc(C)c1NC(=O)c1cscn1. The van der Waals surface area contributed by atoms with E-state index in [1.807, 2.05) is 0 Å². The van der Waals surface area contributed by atoms with E-state index in [9.17, 15) is 14.9 Å². The third-order valence-corrected chi connectivity index (χ3v) is 3.22. The predicted octanol–water partition coefficient (Wildman–Crippen LogP) is 2.92. The fraction of sp³-hybridized carbons (Fsp3) is 0.167. The molecule has 1 aromatic heterocycles. The van der Waals surface area contributed by atoms with Crippen molar-refractivity contribution in [3.63, 3.8) is 0 Å². The first-order valence-electron chi connectivity index (χ1n) is 5.44. The number of carbonyl (C=O) groups is 1. The van der Waals surface area contributed by atoms with Crippen LogP contribution in [-0.2, 0) is 0 Å². The van der Waals surface area contributed by atoms with Crippen molar-refractivity contribution in [1.29, 1.82) is 0 Å². The minimum absolute atomic E-state index is 0.0154. The van der Waals surface area contributed by atoms with Gasteiger partial charge in [-0.2, -0.15) is 0 Å². The maximum Gasteiger partial charge on any atom is 0.275 e. The van der Waals surface area contributed by atoms with Crippen LogP contribution in [0.15, 0.2) is 23.0 Å². The molecule has 0 aliphatic carbocycles. The van der Waals surface area contributed by atoms with Crippen LogP contribution >= 0.6 is 11.3 Å². The lowest BCUT2D eigenvalue weighted by Crippen LogP contribution is -2.14. The lowest BCUT2D eigenvalue weighted by Gasteiger charge is -2.10. The Balaban J connectivity index is 2.31. The summed E-state index contributed by atoms with van der Waals surface area (Å²) in [7, 11) is 0. The summed E-state index contributed by atoms with van der Waals surface area (Å²) >= 11 is 1.33. The van der Waals surface area contributed by atoms with Crippen molar-refractivity contribution < 1.29 is 9.72 Å². The molecule has 1 heterocycles. The minimum atomic E-state index is -0.452. The average Bonchev–Trinajstić information content (AvgIpc) is 2.86. The van der Waals surface area contributed by atoms with Crippen molar-refractivity contribution in [2.45, 2.75) is 13.8 Å². The molecule has 0 spiro atoms. The average molecular weight is 277 g/mol.